The molecule has 1 aromatic rings. The number of esters is 1. The summed E-state index contributed by atoms with van der Waals surface area (Å²) in [5, 5.41) is 0. The molecular formula is C11H15NO4. The van der Waals surface area contributed by atoms with Gasteiger partial charge >= 0.3 is 5.97 Å². The average Bonchev–Trinajstić information content (AvgIpc) is 2.35. The predicted molar refractivity (Wildman–Crippen MR) is 57.7 cm³/mol. The first-order chi connectivity index (χ1) is 7.71. The monoisotopic (exact) mass is 225 g/mol. The molecule has 0 atom stereocenters. The number of methoxy groups -OCH3 is 3. The van der Waals surface area contributed by atoms with E-state index in [2.05, 4.69) is 9.72 Å². The number of ether oxygens (including phenoxy) is 3. The van der Waals surface area contributed by atoms with Crippen LogP contribution in [0, 0.1) is 0 Å². The van der Waals surface area contributed by atoms with E-state index < -0.39 is 0 Å². The van der Waals surface area contributed by atoms with Crippen LogP contribution in [0.4, 0.5) is 0 Å². The Balaban J connectivity index is 2.75. The fraction of sp³-hybridized carbons (Fsp3) is 0.455. The topological polar surface area (TPSA) is 57.7 Å². The molecule has 5 nitrogen and oxygen atoms in total. The third-order valence-electron chi connectivity index (χ3n) is 2.17. The standard InChI is InChI=1S/C11H15NO4/c1-14-9-6-10(15-2)12-7-8(9)4-5-11(13)16-3/h6-7H,4-5H2,1-3H3. The minimum absolute atomic E-state index is 0.252. The highest BCUT2D eigenvalue weighted by atomic mass is 16.5. The Kier molecular flexibility index (Phi) is 4.57. The first-order valence-electron chi connectivity index (χ1n) is 4.85. The molecule has 0 saturated heterocycles. The van der Waals surface area contributed by atoms with Crippen molar-refractivity contribution in [2.45, 2.75) is 12.8 Å². The van der Waals surface area contributed by atoms with Gasteiger partial charge in [0.05, 0.1) is 21.3 Å². The molecule has 0 aliphatic heterocycles. The van der Waals surface area contributed by atoms with Gasteiger partial charge in [-0.15, -0.1) is 0 Å². The zero-order valence-electron chi connectivity index (χ0n) is 9.65. The van der Waals surface area contributed by atoms with Crippen molar-refractivity contribution in [1.29, 1.82) is 0 Å². The average molecular weight is 225 g/mol. The second-order valence-corrected chi connectivity index (χ2v) is 3.11. The van der Waals surface area contributed by atoms with E-state index >= 15 is 0 Å². The van der Waals surface area contributed by atoms with Crippen LogP contribution in [-0.2, 0) is 16.0 Å². The lowest BCUT2D eigenvalue weighted by atomic mass is 10.1. The van der Waals surface area contributed by atoms with Gasteiger partial charge < -0.3 is 14.2 Å². The highest BCUT2D eigenvalue weighted by Gasteiger charge is 2.08. The number of carbonyl (C=O) groups is 1. The summed E-state index contributed by atoms with van der Waals surface area (Å²) in [4.78, 5) is 15.1. The molecule has 1 rings (SSSR count). The number of nitrogens with zero attached hydrogens (tertiary/aromatic N) is 1. The first-order valence-corrected chi connectivity index (χ1v) is 4.85. The third kappa shape index (κ3) is 3.12. The van der Waals surface area contributed by atoms with Crippen LogP contribution >= 0.6 is 0 Å². The van der Waals surface area contributed by atoms with Crippen molar-refractivity contribution in [2.75, 3.05) is 21.3 Å². The summed E-state index contributed by atoms with van der Waals surface area (Å²) in [6.07, 6.45) is 2.48. The molecule has 0 radical (unpaired) electrons. The van der Waals surface area contributed by atoms with Crippen molar-refractivity contribution in [3.63, 3.8) is 0 Å². The Morgan fingerprint density at radius 1 is 1.31 bits per heavy atom. The summed E-state index contributed by atoms with van der Waals surface area (Å²) in [6, 6.07) is 1.69. The number of carbonyl (C=O) groups excluding carboxylic acids is 1. The van der Waals surface area contributed by atoms with Crippen LogP contribution in [0.25, 0.3) is 0 Å². The van der Waals surface area contributed by atoms with Crippen LogP contribution in [0.3, 0.4) is 0 Å². The fourth-order valence-electron chi connectivity index (χ4n) is 1.28. The molecule has 0 amide bonds. The van der Waals surface area contributed by atoms with Crippen LogP contribution in [0.5, 0.6) is 11.6 Å². The summed E-state index contributed by atoms with van der Waals surface area (Å²) < 4.78 is 14.7. The Labute approximate surface area is 94.3 Å². The van der Waals surface area contributed by atoms with Gasteiger partial charge in [0.1, 0.15) is 5.75 Å². The smallest absolute Gasteiger partial charge is 0.305 e. The molecule has 16 heavy (non-hydrogen) atoms. The van der Waals surface area contributed by atoms with Gasteiger partial charge in [0.15, 0.2) is 0 Å². The molecule has 88 valence electrons. The van der Waals surface area contributed by atoms with Gasteiger partial charge in [-0.25, -0.2) is 4.98 Å². The van der Waals surface area contributed by atoms with E-state index in [1.165, 1.54) is 14.2 Å². The van der Waals surface area contributed by atoms with E-state index in [4.69, 9.17) is 9.47 Å². The summed E-state index contributed by atoms with van der Waals surface area (Å²) in [5.74, 6) is 0.896. The zero-order chi connectivity index (χ0) is 12.0. The number of hydrogen-bond donors (Lipinski definition) is 0. The summed E-state index contributed by atoms with van der Waals surface area (Å²) in [7, 11) is 4.47. The molecule has 0 fully saturated rings. The van der Waals surface area contributed by atoms with Crippen LogP contribution in [0.15, 0.2) is 12.3 Å². The summed E-state index contributed by atoms with van der Waals surface area (Å²) in [6.45, 7) is 0. The number of aryl methyl sites for hydroxylation is 1. The van der Waals surface area contributed by atoms with Crippen molar-refractivity contribution < 1.29 is 19.0 Å². The molecule has 0 aliphatic rings. The maximum absolute atomic E-state index is 11.0. The van der Waals surface area contributed by atoms with E-state index in [0.717, 1.165) is 5.56 Å². The quantitative estimate of drug-likeness (QED) is 0.705. The zero-order valence-corrected chi connectivity index (χ0v) is 9.65. The van der Waals surface area contributed by atoms with Crippen molar-refractivity contribution >= 4 is 5.97 Å². The molecule has 5 heteroatoms. The summed E-state index contributed by atoms with van der Waals surface area (Å²) in [5.41, 5.74) is 0.855. The molecular weight excluding hydrogens is 210 g/mol. The Bertz CT molecular complexity index is 365. The van der Waals surface area contributed by atoms with Gasteiger partial charge in [-0.05, 0) is 6.42 Å². The molecule has 1 aromatic heterocycles. The molecule has 1 heterocycles. The molecule has 0 saturated carbocycles. The largest absolute Gasteiger partial charge is 0.496 e. The van der Waals surface area contributed by atoms with E-state index in [0.29, 0.717) is 24.5 Å². The van der Waals surface area contributed by atoms with Crippen molar-refractivity contribution in [1.82, 2.24) is 4.98 Å². The van der Waals surface area contributed by atoms with Crippen LogP contribution < -0.4 is 9.47 Å². The predicted octanol–water partition coefficient (Wildman–Crippen LogP) is 1.20. The van der Waals surface area contributed by atoms with Crippen LogP contribution in [-0.4, -0.2) is 32.3 Å². The summed E-state index contributed by atoms with van der Waals surface area (Å²) >= 11 is 0. The number of pyridine rings is 1. The molecule has 0 spiro atoms. The first kappa shape index (κ1) is 12.3. The third-order valence-corrected chi connectivity index (χ3v) is 2.17. The normalized spacial score (nSPS) is 9.69. The lowest BCUT2D eigenvalue weighted by molar-refractivity contribution is -0.140. The van der Waals surface area contributed by atoms with Gasteiger partial charge in [-0.2, -0.15) is 0 Å². The van der Waals surface area contributed by atoms with Crippen molar-refractivity contribution in [3.05, 3.63) is 17.8 Å². The molecule has 0 N–H and O–H groups in total. The van der Waals surface area contributed by atoms with E-state index in [1.807, 2.05) is 0 Å². The highest BCUT2D eigenvalue weighted by Crippen LogP contribution is 2.23. The Morgan fingerprint density at radius 2 is 2.06 bits per heavy atom. The highest BCUT2D eigenvalue weighted by molar-refractivity contribution is 5.69. The van der Waals surface area contributed by atoms with Crippen molar-refractivity contribution in [3.8, 4) is 11.6 Å². The lowest BCUT2D eigenvalue weighted by Gasteiger charge is -2.08. The molecule has 0 aromatic carbocycles. The molecule has 0 bridgehead atoms. The SMILES string of the molecule is COC(=O)CCc1cnc(OC)cc1OC. The number of aromatic nitrogens is 1. The maximum atomic E-state index is 11.0. The van der Waals surface area contributed by atoms with Gasteiger partial charge in [0.25, 0.3) is 0 Å². The Hall–Kier alpha value is -1.78. The van der Waals surface area contributed by atoms with Crippen molar-refractivity contribution in [2.24, 2.45) is 0 Å². The Morgan fingerprint density at radius 3 is 2.62 bits per heavy atom. The van der Waals surface area contributed by atoms with Gasteiger partial charge in [0, 0.05) is 24.2 Å². The van der Waals surface area contributed by atoms with Crippen LogP contribution in [0.1, 0.15) is 12.0 Å². The number of rotatable bonds is 5. The van der Waals surface area contributed by atoms with E-state index in [9.17, 15) is 4.79 Å². The fourth-order valence-corrected chi connectivity index (χ4v) is 1.28. The second kappa shape index (κ2) is 5.95. The maximum Gasteiger partial charge on any atom is 0.305 e. The lowest BCUT2D eigenvalue weighted by Crippen LogP contribution is -2.03. The van der Waals surface area contributed by atoms with Gasteiger partial charge in [-0.3, -0.25) is 4.79 Å². The van der Waals surface area contributed by atoms with Gasteiger partial charge in [0.2, 0.25) is 5.88 Å². The minimum Gasteiger partial charge on any atom is -0.496 e. The van der Waals surface area contributed by atoms with Gasteiger partial charge in [-0.1, -0.05) is 0 Å². The van der Waals surface area contributed by atoms with Crippen LogP contribution in [0.2, 0.25) is 0 Å². The second-order valence-electron chi connectivity index (χ2n) is 3.11. The van der Waals surface area contributed by atoms with E-state index in [1.54, 1.807) is 19.4 Å². The minimum atomic E-state index is -0.252. The molecule has 0 aliphatic carbocycles. The molecule has 0 unspecified atom stereocenters. The van der Waals surface area contributed by atoms with E-state index in [-0.39, 0.29) is 5.97 Å². The number of hydrogen-bond acceptors (Lipinski definition) is 5.